The van der Waals surface area contributed by atoms with Crippen molar-refractivity contribution in [2.75, 3.05) is 10.6 Å². The molecule has 2 N–H and O–H groups in total. The summed E-state index contributed by atoms with van der Waals surface area (Å²) in [5, 5.41) is 13.9. The number of hydrogen-bond acceptors (Lipinski definition) is 6. The van der Waals surface area contributed by atoms with Gasteiger partial charge in [0.25, 0.3) is 11.8 Å². The highest BCUT2D eigenvalue weighted by Gasteiger charge is 2.16. The summed E-state index contributed by atoms with van der Waals surface area (Å²) in [4.78, 5) is 25.0. The fourth-order valence-corrected chi connectivity index (χ4v) is 3.27. The molecule has 4 aromatic rings. The number of rotatable bonds is 6. The molecule has 160 valence electrons. The molecule has 0 bridgehead atoms. The van der Waals surface area contributed by atoms with E-state index < -0.39 is 11.8 Å². The number of azo groups is 1. The highest BCUT2D eigenvalue weighted by molar-refractivity contribution is 9.10. The van der Waals surface area contributed by atoms with Gasteiger partial charge in [-0.1, -0.05) is 18.2 Å². The molecular formula is C22H14Br2N4O4. The molecule has 2 aromatic heterocycles. The van der Waals surface area contributed by atoms with Gasteiger partial charge >= 0.3 is 0 Å². The molecule has 0 atom stereocenters. The SMILES string of the molecule is O=C(Nc1ccc(N=Nc2ccccc2)c(NC(=O)c2ccc(Br)o2)c1)c1ccc(Br)o1. The van der Waals surface area contributed by atoms with Crippen molar-refractivity contribution in [2.24, 2.45) is 10.2 Å². The summed E-state index contributed by atoms with van der Waals surface area (Å²) in [5.41, 5.74) is 1.81. The van der Waals surface area contributed by atoms with Crippen molar-refractivity contribution in [1.29, 1.82) is 0 Å². The summed E-state index contributed by atoms with van der Waals surface area (Å²) in [6, 6.07) is 20.3. The van der Waals surface area contributed by atoms with Gasteiger partial charge in [-0.05, 0) is 86.5 Å². The fourth-order valence-electron chi connectivity index (χ4n) is 2.66. The number of amides is 2. The Morgan fingerprint density at radius 1 is 0.719 bits per heavy atom. The van der Waals surface area contributed by atoms with Crippen LogP contribution in [0.2, 0.25) is 0 Å². The predicted molar refractivity (Wildman–Crippen MR) is 126 cm³/mol. The summed E-state index contributed by atoms with van der Waals surface area (Å²) >= 11 is 6.34. The van der Waals surface area contributed by atoms with Crippen molar-refractivity contribution in [3.8, 4) is 0 Å². The Hall–Kier alpha value is -3.50. The molecule has 2 amide bonds. The molecule has 0 radical (unpaired) electrons. The smallest absolute Gasteiger partial charge is 0.291 e. The summed E-state index contributed by atoms with van der Waals surface area (Å²) in [6.45, 7) is 0. The Morgan fingerprint density at radius 2 is 1.34 bits per heavy atom. The number of hydrogen-bond donors (Lipinski definition) is 2. The van der Waals surface area contributed by atoms with E-state index in [-0.39, 0.29) is 11.5 Å². The molecule has 2 heterocycles. The van der Waals surface area contributed by atoms with E-state index >= 15 is 0 Å². The Balaban J connectivity index is 1.62. The van der Waals surface area contributed by atoms with Gasteiger partial charge in [-0.25, -0.2) is 0 Å². The molecule has 0 aliphatic heterocycles. The van der Waals surface area contributed by atoms with Gasteiger partial charge in [0, 0.05) is 5.69 Å². The maximum Gasteiger partial charge on any atom is 0.291 e. The van der Waals surface area contributed by atoms with Crippen molar-refractivity contribution in [3.05, 3.63) is 93.7 Å². The molecule has 32 heavy (non-hydrogen) atoms. The Kier molecular flexibility index (Phi) is 6.62. The van der Waals surface area contributed by atoms with E-state index in [1.165, 1.54) is 6.07 Å². The van der Waals surface area contributed by atoms with Gasteiger partial charge < -0.3 is 19.5 Å². The van der Waals surface area contributed by atoms with Crippen LogP contribution >= 0.6 is 31.9 Å². The molecule has 10 heteroatoms. The molecule has 0 aliphatic rings. The molecular weight excluding hydrogens is 544 g/mol. The van der Waals surface area contributed by atoms with Crippen LogP contribution in [0.5, 0.6) is 0 Å². The highest BCUT2D eigenvalue weighted by Crippen LogP contribution is 2.31. The minimum absolute atomic E-state index is 0.109. The number of carbonyl (C=O) groups is 2. The van der Waals surface area contributed by atoms with E-state index in [1.54, 1.807) is 48.5 Å². The van der Waals surface area contributed by atoms with Gasteiger partial charge in [-0.3, -0.25) is 9.59 Å². The number of anilines is 2. The second kappa shape index (κ2) is 9.75. The first-order valence-electron chi connectivity index (χ1n) is 9.22. The lowest BCUT2D eigenvalue weighted by atomic mass is 10.2. The van der Waals surface area contributed by atoms with Gasteiger partial charge in [-0.2, -0.15) is 5.11 Å². The summed E-state index contributed by atoms with van der Waals surface area (Å²) in [7, 11) is 0. The van der Waals surface area contributed by atoms with Gasteiger partial charge in [0.1, 0.15) is 5.69 Å². The number of carbonyl (C=O) groups excluding carboxylic acids is 2. The molecule has 0 saturated heterocycles. The lowest BCUT2D eigenvalue weighted by molar-refractivity contribution is 0.0989. The van der Waals surface area contributed by atoms with E-state index in [0.717, 1.165) is 0 Å². The zero-order chi connectivity index (χ0) is 22.5. The lowest BCUT2D eigenvalue weighted by Crippen LogP contribution is -2.13. The maximum absolute atomic E-state index is 12.6. The van der Waals surface area contributed by atoms with Crippen molar-refractivity contribution in [3.63, 3.8) is 0 Å². The third kappa shape index (κ3) is 5.40. The summed E-state index contributed by atoms with van der Waals surface area (Å²) < 4.78 is 11.4. The normalized spacial score (nSPS) is 10.9. The first kappa shape index (κ1) is 21.7. The Morgan fingerprint density at radius 3 is 1.94 bits per heavy atom. The first-order chi connectivity index (χ1) is 15.5. The zero-order valence-electron chi connectivity index (χ0n) is 16.2. The third-order valence-corrected chi connectivity index (χ3v) is 4.98. The second-order valence-corrected chi connectivity index (χ2v) is 7.95. The number of halogens is 2. The van der Waals surface area contributed by atoms with Crippen LogP contribution in [0.3, 0.4) is 0 Å². The van der Waals surface area contributed by atoms with Gasteiger partial charge in [-0.15, -0.1) is 5.11 Å². The zero-order valence-corrected chi connectivity index (χ0v) is 19.4. The molecule has 0 fully saturated rings. The van der Waals surface area contributed by atoms with Crippen LogP contribution in [0.4, 0.5) is 22.7 Å². The molecule has 8 nitrogen and oxygen atoms in total. The quantitative estimate of drug-likeness (QED) is 0.242. The number of nitrogens with one attached hydrogen (secondary N) is 2. The van der Waals surface area contributed by atoms with Gasteiger partial charge in [0.15, 0.2) is 20.9 Å². The number of furan rings is 2. The molecule has 4 rings (SSSR count). The van der Waals surface area contributed by atoms with Gasteiger partial charge in [0.05, 0.1) is 11.4 Å². The van der Waals surface area contributed by atoms with Crippen molar-refractivity contribution in [2.45, 2.75) is 0 Å². The van der Waals surface area contributed by atoms with Crippen LogP contribution in [0.1, 0.15) is 21.1 Å². The number of benzene rings is 2. The summed E-state index contributed by atoms with van der Waals surface area (Å²) in [5.74, 6) is -0.680. The van der Waals surface area contributed by atoms with E-state index in [1.807, 2.05) is 18.2 Å². The van der Waals surface area contributed by atoms with E-state index in [9.17, 15) is 9.59 Å². The van der Waals surface area contributed by atoms with Gasteiger partial charge in [0.2, 0.25) is 0 Å². The Bertz CT molecular complexity index is 1300. The predicted octanol–water partition coefficient (Wildman–Crippen LogP) is 7.32. The van der Waals surface area contributed by atoms with E-state index in [4.69, 9.17) is 8.83 Å². The second-order valence-electron chi connectivity index (χ2n) is 6.38. The van der Waals surface area contributed by atoms with Crippen molar-refractivity contribution >= 4 is 66.4 Å². The third-order valence-electron chi connectivity index (χ3n) is 4.13. The average Bonchev–Trinajstić information content (AvgIpc) is 3.42. The largest absolute Gasteiger partial charge is 0.444 e. The molecule has 0 aliphatic carbocycles. The van der Waals surface area contributed by atoms with Crippen molar-refractivity contribution < 1.29 is 18.4 Å². The van der Waals surface area contributed by atoms with Crippen LogP contribution in [0, 0.1) is 0 Å². The average molecular weight is 558 g/mol. The Labute approximate surface area is 199 Å². The highest BCUT2D eigenvalue weighted by atomic mass is 79.9. The summed E-state index contributed by atoms with van der Waals surface area (Å²) in [6.07, 6.45) is 0. The van der Waals surface area contributed by atoms with Crippen LogP contribution in [-0.2, 0) is 0 Å². The number of nitrogens with zero attached hydrogens (tertiary/aromatic N) is 2. The molecule has 0 saturated carbocycles. The van der Waals surface area contributed by atoms with E-state index in [0.29, 0.717) is 32.1 Å². The molecule has 0 spiro atoms. The topological polar surface area (TPSA) is 109 Å². The molecule has 2 aromatic carbocycles. The van der Waals surface area contributed by atoms with Crippen LogP contribution in [0.15, 0.2) is 101 Å². The van der Waals surface area contributed by atoms with Crippen molar-refractivity contribution in [1.82, 2.24) is 0 Å². The van der Waals surface area contributed by atoms with Crippen LogP contribution in [0.25, 0.3) is 0 Å². The maximum atomic E-state index is 12.6. The monoisotopic (exact) mass is 556 g/mol. The minimum Gasteiger partial charge on any atom is -0.444 e. The lowest BCUT2D eigenvalue weighted by Gasteiger charge is -2.10. The molecule has 0 unspecified atom stereocenters. The fraction of sp³-hybridized carbons (Fsp3) is 0. The minimum atomic E-state index is -0.481. The standard InChI is InChI=1S/C22H14Br2N4O4/c23-19-10-8-17(31-19)21(29)25-14-6-7-15(28-27-13-4-2-1-3-5-13)16(12-14)26-22(30)18-9-11-20(24)32-18/h1-12H,(H,25,29)(H,26,30). The van der Waals surface area contributed by atoms with E-state index in [2.05, 4.69) is 52.7 Å². The first-order valence-corrected chi connectivity index (χ1v) is 10.8. The van der Waals surface area contributed by atoms with Crippen LogP contribution < -0.4 is 10.6 Å². The van der Waals surface area contributed by atoms with Crippen LogP contribution in [-0.4, -0.2) is 11.8 Å².